The molecular weight excluding hydrogens is 358 g/mol. The number of aromatic nitrogens is 1. The monoisotopic (exact) mass is 373 g/mol. The van der Waals surface area contributed by atoms with Crippen LogP contribution in [0.5, 0.6) is 5.75 Å². The molecular formula is C17H15N3O5S. The molecule has 0 fully saturated rings. The van der Waals surface area contributed by atoms with Crippen molar-refractivity contribution >= 4 is 28.7 Å². The van der Waals surface area contributed by atoms with Gasteiger partial charge in [-0.15, -0.1) is 11.3 Å². The molecule has 1 aromatic carbocycles. The zero-order valence-electron chi connectivity index (χ0n) is 14.0. The zero-order valence-corrected chi connectivity index (χ0v) is 14.8. The van der Waals surface area contributed by atoms with Crippen LogP contribution >= 0.6 is 11.3 Å². The minimum Gasteiger partial charge on any atom is -0.480 e. The van der Waals surface area contributed by atoms with Gasteiger partial charge in [0.25, 0.3) is 11.6 Å². The largest absolute Gasteiger partial charge is 0.480 e. The van der Waals surface area contributed by atoms with E-state index in [-0.39, 0.29) is 5.69 Å². The summed E-state index contributed by atoms with van der Waals surface area (Å²) in [4.78, 5) is 23.7. The number of non-ortho nitro benzene ring substituents is 1. The smallest absolute Gasteiger partial charge is 0.270 e. The predicted octanol–water partition coefficient (Wildman–Crippen LogP) is 4.03. The molecule has 134 valence electrons. The Bertz CT molecular complexity index is 936. The van der Waals surface area contributed by atoms with Crippen LogP contribution in [0.2, 0.25) is 0 Å². The molecule has 8 nitrogen and oxygen atoms in total. The van der Waals surface area contributed by atoms with E-state index in [1.165, 1.54) is 29.5 Å². The summed E-state index contributed by atoms with van der Waals surface area (Å²) in [7, 11) is 0. The van der Waals surface area contributed by atoms with Gasteiger partial charge in [-0.25, -0.2) is 0 Å². The number of ether oxygens (including phenoxy) is 1. The topological polar surface area (TPSA) is 108 Å². The molecule has 0 aliphatic heterocycles. The lowest BCUT2D eigenvalue weighted by Crippen LogP contribution is -2.30. The molecule has 0 saturated heterocycles. The first kappa shape index (κ1) is 17.6. The Morgan fingerprint density at radius 1 is 1.38 bits per heavy atom. The number of carbonyl (C=O) groups is 1. The van der Waals surface area contributed by atoms with Gasteiger partial charge < -0.3 is 14.6 Å². The molecule has 0 aliphatic carbocycles. The Morgan fingerprint density at radius 3 is 2.81 bits per heavy atom. The second-order valence-electron chi connectivity index (χ2n) is 5.49. The molecule has 26 heavy (non-hydrogen) atoms. The van der Waals surface area contributed by atoms with Gasteiger partial charge in [0.05, 0.1) is 4.92 Å². The third kappa shape index (κ3) is 3.89. The van der Waals surface area contributed by atoms with Crippen LogP contribution in [0.3, 0.4) is 0 Å². The fourth-order valence-corrected chi connectivity index (χ4v) is 3.00. The van der Waals surface area contributed by atoms with Gasteiger partial charge in [-0.3, -0.25) is 14.9 Å². The van der Waals surface area contributed by atoms with Crippen molar-refractivity contribution in [3.63, 3.8) is 0 Å². The number of anilines is 1. The van der Waals surface area contributed by atoms with Gasteiger partial charge >= 0.3 is 0 Å². The zero-order chi connectivity index (χ0) is 18.7. The van der Waals surface area contributed by atoms with Crippen molar-refractivity contribution in [3.8, 4) is 16.2 Å². The number of amides is 1. The Kier molecular flexibility index (Phi) is 4.99. The Morgan fingerprint density at radius 2 is 2.19 bits per heavy atom. The normalized spacial score (nSPS) is 11.8. The van der Waals surface area contributed by atoms with E-state index >= 15 is 0 Å². The van der Waals surface area contributed by atoms with Crippen LogP contribution in [-0.2, 0) is 4.79 Å². The molecule has 1 N–H and O–H groups in total. The van der Waals surface area contributed by atoms with Crippen LogP contribution in [0.15, 0.2) is 46.3 Å². The number of thiophene rings is 1. The van der Waals surface area contributed by atoms with Crippen LogP contribution in [0, 0.1) is 17.0 Å². The molecule has 0 radical (unpaired) electrons. The fraction of sp³-hybridized carbons (Fsp3) is 0.176. The highest BCUT2D eigenvalue weighted by molar-refractivity contribution is 7.13. The van der Waals surface area contributed by atoms with E-state index in [1.807, 2.05) is 17.5 Å². The van der Waals surface area contributed by atoms with Crippen molar-refractivity contribution in [1.82, 2.24) is 5.16 Å². The average molecular weight is 373 g/mol. The average Bonchev–Trinajstić information content (AvgIpc) is 3.26. The summed E-state index contributed by atoms with van der Waals surface area (Å²) in [6.07, 6.45) is -0.841. The second kappa shape index (κ2) is 7.36. The van der Waals surface area contributed by atoms with E-state index in [0.29, 0.717) is 22.9 Å². The Hall–Kier alpha value is -3.20. The quantitative estimate of drug-likeness (QED) is 0.516. The number of rotatable bonds is 6. The van der Waals surface area contributed by atoms with E-state index in [2.05, 4.69) is 10.5 Å². The predicted molar refractivity (Wildman–Crippen MR) is 96.4 cm³/mol. The van der Waals surface area contributed by atoms with Crippen molar-refractivity contribution in [3.05, 3.63) is 57.7 Å². The minimum absolute atomic E-state index is 0.0454. The molecule has 2 aromatic heterocycles. The molecule has 3 aromatic rings. The summed E-state index contributed by atoms with van der Waals surface area (Å²) in [5.74, 6) is 0.847. The molecule has 1 amide bonds. The maximum absolute atomic E-state index is 12.3. The van der Waals surface area contributed by atoms with E-state index in [9.17, 15) is 14.9 Å². The number of benzene rings is 1. The van der Waals surface area contributed by atoms with E-state index in [1.54, 1.807) is 19.9 Å². The number of carbonyl (C=O) groups excluding carboxylic acids is 1. The van der Waals surface area contributed by atoms with Crippen molar-refractivity contribution in [2.75, 3.05) is 5.32 Å². The summed E-state index contributed by atoms with van der Waals surface area (Å²) < 4.78 is 10.7. The highest BCUT2D eigenvalue weighted by Gasteiger charge is 2.20. The lowest BCUT2D eigenvalue weighted by molar-refractivity contribution is -0.384. The van der Waals surface area contributed by atoms with Gasteiger partial charge in [0.1, 0.15) is 11.5 Å². The first-order valence-corrected chi connectivity index (χ1v) is 8.55. The van der Waals surface area contributed by atoms with E-state index in [0.717, 1.165) is 4.88 Å². The number of hydrogen-bond donors (Lipinski definition) is 1. The molecule has 2 heterocycles. The highest BCUT2D eigenvalue weighted by Crippen LogP contribution is 2.36. The molecule has 0 bridgehead atoms. The number of nitrogens with one attached hydrogen (secondary N) is 1. The molecule has 3 rings (SSSR count). The molecule has 0 spiro atoms. The van der Waals surface area contributed by atoms with Gasteiger partial charge in [0.15, 0.2) is 11.9 Å². The van der Waals surface area contributed by atoms with Crippen LogP contribution in [0.25, 0.3) is 10.4 Å². The van der Waals surface area contributed by atoms with Crippen molar-refractivity contribution in [2.45, 2.75) is 20.0 Å². The number of aryl methyl sites for hydroxylation is 1. The lowest BCUT2D eigenvalue weighted by Gasteiger charge is -2.16. The molecule has 1 atom stereocenters. The van der Waals surface area contributed by atoms with Crippen LogP contribution in [0.1, 0.15) is 12.7 Å². The number of hydrogen-bond acceptors (Lipinski definition) is 7. The van der Waals surface area contributed by atoms with Gasteiger partial charge in [0, 0.05) is 28.6 Å². The third-order valence-electron chi connectivity index (χ3n) is 3.51. The summed E-state index contributed by atoms with van der Waals surface area (Å²) in [6, 6.07) is 9.54. The fourth-order valence-electron chi connectivity index (χ4n) is 2.26. The maximum Gasteiger partial charge on any atom is 0.270 e. The maximum atomic E-state index is 12.3. The van der Waals surface area contributed by atoms with Crippen LogP contribution < -0.4 is 10.1 Å². The summed E-state index contributed by atoms with van der Waals surface area (Å²) >= 11 is 1.43. The summed E-state index contributed by atoms with van der Waals surface area (Å²) in [6.45, 7) is 3.30. The van der Waals surface area contributed by atoms with Crippen LogP contribution in [0.4, 0.5) is 11.5 Å². The van der Waals surface area contributed by atoms with Crippen molar-refractivity contribution in [2.24, 2.45) is 0 Å². The van der Waals surface area contributed by atoms with Gasteiger partial charge in [-0.05, 0) is 31.4 Å². The molecule has 0 aliphatic rings. The van der Waals surface area contributed by atoms with Gasteiger partial charge in [-0.1, -0.05) is 11.2 Å². The SMILES string of the molecule is Cc1cc(NC(=O)[C@@H](C)Oc2ccc([N+](=O)[O-])cc2-c2cccs2)no1. The number of nitro benzene ring substituents is 1. The van der Waals surface area contributed by atoms with Gasteiger partial charge in [-0.2, -0.15) is 0 Å². The summed E-state index contributed by atoms with van der Waals surface area (Å²) in [5, 5.41) is 19.2. The molecule has 9 heteroatoms. The van der Waals surface area contributed by atoms with Gasteiger partial charge in [0.2, 0.25) is 0 Å². The third-order valence-corrected chi connectivity index (χ3v) is 4.42. The number of nitro groups is 1. The lowest BCUT2D eigenvalue weighted by atomic mass is 10.1. The second-order valence-corrected chi connectivity index (χ2v) is 6.43. The van der Waals surface area contributed by atoms with Crippen LogP contribution in [-0.4, -0.2) is 22.1 Å². The highest BCUT2D eigenvalue weighted by atomic mass is 32.1. The minimum atomic E-state index is -0.841. The first-order valence-electron chi connectivity index (χ1n) is 7.67. The molecule has 0 saturated carbocycles. The first-order chi connectivity index (χ1) is 12.4. The van der Waals surface area contributed by atoms with E-state index < -0.39 is 16.9 Å². The summed E-state index contributed by atoms with van der Waals surface area (Å²) in [5.41, 5.74) is 0.516. The molecule has 0 unspecified atom stereocenters. The Labute approximate surface area is 152 Å². The van der Waals surface area contributed by atoms with Crippen molar-refractivity contribution < 1.29 is 19.0 Å². The van der Waals surface area contributed by atoms with Crippen molar-refractivity contribution in [1.29, 1.82) is 0 Å². The standard InChI is InChI=1S/C17H15N3O5S/c1-10-8-16(19-25-10)18-17(21)11(2)24-14-6-5-12(20(22)23)9-13(14)15-4-3-7-26-15/h3-9,11H,1-2H3,(H,18,19,21)/t11-/m1/s1. The Balaban J connectivity index is 1.82. The number of nitrogens with zero attached hydrogens (tertiary/aromatic N) is 2. The van der Waals surface area contributed by atoms with E-state index in [4.69, 9.17) is 9.26 Å².